The number of aromatic nitrogens is 2. The largest absolute Gasteiger partial charge is 0.293 e. The van der Waals surface area contributed by atoms with Gasteiger partial charge < -0.3 is 0 Å². The third-order valence-electron chi connectivity index (χ3n) is 4.07. The molecule has 3 rings (SSSR count). The maximum atomic E-state index is 4.49. The first-order chi connectivity index (χ1) is 9.65. The van der Waals surface area contributed by atoms with Crippen molar-refractivity contribution in [3.8, 4) is 0 Å². The third-order valence-corrected chi connectivity index (χ3v) is 5.10. The van der Waals surface area contributed by atoms with Gasteiger partial charge in [0.2, 0.25) is 0 Å². The summed E-state index contributed by atoms with van der Waals surface area (Å²) in [5.41, 5.74) is 5.31. The molecule has 2 heterocycles. The van der Waals surface area contributed by atoms with Crippen LogP contribution in [0.25, 0.3) is 0 Å². The second kappa shape index (κ2) is 5.70. The molecule has 1 aromatic carbocycles. The van der Waals surface area contributed by atoms with Crippen LogP contribution in [-0.4, -0.2) is 21.2 Å². The molecule has 0 saturated carbocycles. The first kappa shape index (κ1) is 13.8. The van der Waals surface area contributed by atoms with Gasteiger partial charge in [-0.3, -0.25) is 9.58 Å². The minimum Gasteiger partial charge on any atom is -0.293 e. The Morgan fingerprint density at radius 1 is 1.25 bits per heavy atom. The van der Waals surface area contributed by atoms with E-state index in [4.69, 9.17) is 0 Å². The molecule has 0 radical (unpaired) electrons. The number of benzene rings is 1. The molecule has 0 aliphatic carbocycles. The lowest BCUT2D eigenvalue weighted by atomic mass is 10.0. The molecule has 3 nitrogen and oxygen atoms in total. The summed E-state index contributed by atoms with van der Waals surface area (Å²) in [6.45, 7) is 5.18. The van der Waals surface area contributed by atoms with E-state index in [1.54, 1.807) is 0 Å². The summed E-state index contributed by atoms with van der Waals surface area (Å²) in [5.74, 6) is 0. The van der Waals surface area contributed by atoms with E-state index in [1.165, 1.54) is 29.7 Å². The Kier molecular flexibility index (Phi) is 3.94. The van der Waals surface area contributed by atoms with Gasteiger partial charge >= 0.3 is 0 Å². The zero-order valence-electron chi connectivity index (χ0n) is 12.1. The van der Waals surface area contributed by atoms with Gasteiger partial charge in [-0.25, -0.2) is 0 Å². The van der Waals surface area contributed by atoms with Crippen LogP contribution in [-0.2, 0) is 26.6 Å². The Labute approximate surface area is 128 Å². The number of hydrogen-bond donors (Lipinski definition) is 0. The minimum absolute atomic E-state index is 0.951. The van der Waals surface area contributed by atoms with E-state index in [0.717, 1.165) is 29.8 Å². The van der Waals surface area contributed by atoms with Crippen LogP contribution in [0.3, 0.4) is 0 Å². The predicted octanol–water partition coefficient (Wildman–Crippen LogP) is 3.44. The lowest BCUT2D eigenvalue weighted by Gasteiger charge is -2.20. The highest BCUT2D eigenvalue weighted by atomic mass is 79.9. The number of fused-ring (bicyclic) bond motifs is 1. The molecule has 106 valence electrons. The van der Waals surface area contributed by atoms with Crippen molar-refractivity contribution in [2.75, 3.05) is 6.54 Å². The van der Waals surface area contributed by atoms with Crippen LogP contribution in [0, 0.1) is 6.92 Å². The summed E-state index contributed by atoms with van der Waals surface area (Å²) in [7, 11) is 2.03. The average molecular weight is 334 g/mol. The van der Waals surface area contributed by atoms with Crippen molar-refractivity contribution in [1.82, 2.24) is 14.7 Å². The van der Waals surface area contributed by atoms with Crippen molar-refractivity contribution in [1.29, 1.82) is 0 Å². The molecule has 0 spiro atoms. The van der Waals surface area contributed by atoms with Crippen molar-refractivity contribution in [2.45, 2.75) is 32.9 Å². The van der Waals surface area contributed by atoms with Crippen LogP contribution in [0.1, 0.15) is 28.9 Å². The zero-order chi connectivity index (χ0) is 14.1. The topological polar surface area (TPSA) is 21.1 Å². The molecule has 4 heteroatoms. The van der Waals surface area contributed by atoms with E-state index in [1.807, 2.05) is 18.7 Å². The first-order valence-corrected chi connectivity index (χ1v) is 7.91. The molecule has 0 bridgehead atoms. The average Bonchev–Trinajstić information content (AvgIpc) is 2.62. The molecule has 2 aromatic rings. The van der Waals surface area contributed by atoms with Gasteiger partial charge in [0.25, 0.3) is 0 Å². The Balaban J connectivity index is 1.82. The molecule has 20 heavy (non-hydrogen) atoms. The summed E-state index contributed by atoms with van der Waals surface area (Å²) in [4.78, 5) is 2.52. The van der Waals surface area contributed by atoms with E-state index in [2.05, 4.69) is 50.2 Å². The Morgan fingerprint density at radius 2 is 2.00 bits per heavy atom. The SMILES string of the molecule is Cc1nn(C)c(CN2CCCc3ccccc3C2)c1Br. The number of aryl methyl sites for hydroxylation is 3. The zero-order valence-corrected chi connectivity index (χ0v) is 13.7. The van der Waals surface area contributed by atoms with E-state index in [-0.39, 0.29) is 0 Å². The van der Waals surface area contributed by atoms with Crippen LogP contribution in [0.2, 0.25) is 0 Å². The monoisotopic (exact) mass is 333 g/mol. The molecule has 1 aliphatic heterocycles. The van der Waals surface area contributed by atoms with Gasteiger partial charge in [0.1, 0.15) is 0 Å². The first-order valence-electron chi connectivity index (χ1n) is 7.12. The predicted molar refractivity (Wildman–Crippen MR) is 84.5 cm³/mol. The molecular weight excluding hydrogens is 314 g/mol. The van der Waals surface area contributed by atoms with Crippen molar-refractivity contribution < 1.29 is 0 Å². The van der Waals surface area contributed by atoms with Gasteiger partial charge in [-0.1, -0.05) is 24.3 Å². The van der Waals surface area contributed by atoms with E-state index >= 15 is 0 Å². The number of rotatable bonds is 2. The maximum absolute atomic E-state index is 4.49. The standard InChI is InChI=1S/C16H20BrN3/c1-12-16(17)15(19(2)18-12)11-20-9-5-8-13-6-3-4-7-14(13)10-20/h3-4,6-7H,5,8-11H2,1-2H3. The summed E-state index contributed by atoms with van der Waals surface area (Å²) >= 11 is 3.67. The highest BCUT2D eigenvalue weighted by molar-refractivity contribution is 9.10. The number of hydrogen-bond acceptors (Lipinski definition) is 2. The fourth-order valence-electron chi connectivity index (χ4n) is 2.97. The summed E-state index contributed by atoms with van der Waals surface area (Å²) in [5, 5.41) is 4.49. The van der Waals surface area contributed by atoms with Crippen molar-refractivity contribution >= 4 is 15.9 Å². The summed E-state index contributed by atoms with van der Waals surface area (Å²) in [6.07, 6.45) is 2.42. The van der Waals surface area contributed by atoms with Gasteiger partial charge in [-0.2, -0.15) is 5.10 Å². The minimum atomic E-state index is 0.951. The van der Waals surface area contributed by atoms with Gasteiger partial charge in [0, 0.05) is 20.1 Å². The fraction of sp³-hybridized carbons (Fsp3) is 0.438. The van der Waals surface area contributed by atoms with Crippen LogP contribution in [0.5, 0.6) is 0 Å². The summed E-state index contributed by atoms with van der Waals surface area (Å²) < 4.78 is 3.15. The number of nitrogens with zero attached hydrogens (tertiary/aromatic N) is 3. The van der Waals surface area contributed by atoms with E-state index < -0.39 is 0 Å². The quantitative estimate of drug-likeness (QED) is 0.839. The molecule has 0 atom stereocenters. The van der Waals surface area contributed by atoms with Crippen molar-refractivity contribution in [3.63, 3.8) is 0 Å². The molecular formula is C16H20BrN3. The van der Waals surface area contributed by atoms with Gasteiger partial charge in [0.15, 0.2) is 0 Å². The molecule has 1 aliphatic rings. The molecule has 0 unspecified atom stereocenters. The van der Waals surface area contributed by atoms with Crippen molar-refractivity contribution in [2.24, 2.45) is 7.05 Å². The van der Waals surface area contributed by atoms with Gasteiger partial charge in [-0.05, 0) is 53.4 Å². The Morgan fingerprint density at radius 3 is 2.70 bits per heavy atom. The van der Waals surface area contributed by atoms with Gasteiger partial charge in [0.05, 0.1) is 15.9 Å². The highest BCUT2D eigenvalue weighted by Crippen LogP contribution is 2.24. The molecule has 0 N–H and O–H groups in total. The van der Waals surface area contributed by atoms with Crippen molar-refractivity contribution in [3.05, 3.63) is 51.3 Å². The van der Waals surface area contributed by atoms with Crippen LogP contribution in [0.15, 0.2) is 28.7 Å². The number of halogens is 1. The van der Waals surface area contributed by atoms with Crippen LogP contribution >= 0.6 is 15.9 Å². The fourth-order valence-corrected chi connectivity index (χ4v) is 3.43. The Hall–Kier alpha value is -1.13. The highest BCUT2D eigenvalue weighted by Gasteiger charge is 2.18. The molecule has 0 amide bonds. The lowest BCUT2D eigenvalue weighted by molar-refractivity contribution is 0.253. The molecule has 0 fully saturated rings. The van der Waals surface area contributed by atoms with E-state index in [0.29, 0.717) is 0 Å². The molecule has 1 aromatic heterocycles. The normalized spacial score (nSPS) is 15.9. The Bertz CT molecular complexity index is 618. The maximum Gasteiger partial charge on any atom is 0.0739 e. The van der Waals surface area contributed by atoms with Crippen LogP contribution in [0.4, 0.5) is 0 Å². The van der Waals surface area contributed by atoms with Gasteiger partial charge in [-0.15, -0.1) is 0 Å². The third kappa shape index (κ3) is 2.67. The summed E-state index contributed by atoms with van der Waals surface area (Å²) in [6, 6.07) is 8.82. The lowest BCUT2D eigenvalue weighted by Crippen LogP contribution is -2.24. The van der Waals surface area contributed by atoms with Crippen LogP contribution < -0.4 is 0 Å². The second-order valence-corrected chi connectivity index (χ2v) is 6.35. The van der Waals surface area contributed by atoms with E-state index in [9.17, 15) is 0 Å². The molecule has 0 saturated heterocycles. The smallest absolute Gasteiger partial charge is 0.0739 e. The second-order valence-electron chi connectivity index (χ2n) is 5.55.